The van der Waals surface area contributed by atoms with Gasteiger partial charge >= 0.3 is 0 Å². The first-order chi connectivity index (χ1) is 60.2. The number of nitrogens with zero attached hydrogens (tertiary/aromatic N) is 22. The molecule has 0 fully saturated rings. The lowest BCUT2D eigenvalue weighted by Crippen LogP contribution is -2.36. The summed E-state index contributed by atoms with van der Waals surface area (Å²) in [6.07, 6.45) is 0. The molecule has 19 rings (SSSR count). The number of hydrazine groups is 2. The van der Waals surface area contributed by atoms with Crippen LogP contribution in [0.4, 0.5) is 0 Å². The van der Waals surface area contributed by atoms with Crippen molar-refractivity contribution in [2.24, 2.45) is 5.84 Å². The molecule has 0 aliphatic heterocycles. The number of hydrogen-bond donors (Lipinski definition) is 5. The average molecular weight is 1670 g/mol. The molecule has 0 aliphatic carbocycles. The van der Waals surface area contributed by atoms with E-state index >= 15 is 0 Å². The van der Waals surface area contributed by atoms with Crippen molar-refractivity contribution in [3.63, 3.8) is 0 Å². The predicted octanol–water partition coefficient (Wildman–Crippen LogP) is 16.7. The Morgan fingerprint density at radius 1 is 0.339 bits per heavy atom. The highest BCUT2D eigenvalue weighted by Gasteiger charge is 2.26. The van der Waals surface area contributed by atoms with Gasteiger partial charge in [-0.15, -0.1) is 0 Å². The highest BCUT2D eigenvalue weighted by atomic mass is 32.1. The maximum absolute atomic E-state index is 12.9. The Morgan fingerprint density at radius 3 is 0.927 bits per heavy atom. The third-order valence-corrected chi connectivity index (χ3v) is 20.0. The fourth-order valence-corrected chi connectivity index (χ4v) is 14.3. The number of nitrogens with one attached hydrogen (secondary N) is 4. The third kappa shape index (κ3) is 17.4. The number of amides is 2. The molecule has 6 N–H and O–H groups in total. The number of nitrogens with two attached hydrogens (primary N) is 1. The highest BCUT2D eigenvalue weighted by Crippen LogP contribution is 2.32. The van der Waals surface area contributed by atoms with Crippen LogP contribution in [0.25, 0.3) is 130 Å². The summed E-state index contributed by atoms with van der Waals surface area (Å²) in [6, 6.07) is 88.4. The first-order valence-electron chi connectivity index (χ1n) is 38.7. The van der Waals surface area contributed by atoms with Crippen molar-refractivity contribution in [1.29, 1.82) is 15.8 Å². The molecule has 0 bridgehead atoms. The van der Waals surface area contributed by atoms with Crippen LogP contribution in [0.5, 0.6) is 0 Å². The van der Waals surface area contributed by atoms with Crippen molar-refractivity contribution in [1.82, 2.24) is 113 Å². The van der Waals surface area contributed by atoms with Crippen LogP contribution >= 0.6 is 24.4 Å². The van der Waals surface area contributed by atoms with Crippen molar-refractivity contribution >= 4 is 92.1 Å². The molecule has 0 spiro atoms. The number of nitrogen functional groups attached to an aromatic ring is 1. The fraction of sp³-hybridized carbons (Fsp3) is 0.0968. The van der Waals surface area contributed by atoms with E-state index in [0.29, 0.717) is 106 Å². The number of para-hydroxylation sites is 5. The molecular weight excluding hydrogens is 1590 g/mol. The predicted molar refractivity (Wildman–Crippen MR) is 480 cm³/mol. The summed E-state index contributed by atoms with van der Waals surface area (Å²) in [5.74, 6) is 9.32. The van der Waals surface area contributed by atoms with Crippen LogP contribution in [0.1, 0.15) is 78.0 Å². The summed E-state index contributed by atoms with van der Waals surface area (Å²) in [6.45, 7) is 13.5. The molecule has 29 nitrogen and oxygen atoms in total. The minimum absolute atomic E-state index is 0.138. The van der Waals surface area contributed by atoms with Crippen molar-refractivity contribution in [3.05, 3.63) is 333 Å². The van der Waals surface area contributed by atoms with Gasteiger partial charge in [-0.25, -0.2) is 75.6 Å². The molecule has 606 valence electrons. The fourth-order valence-electron chi connectivity index (χ4n) is 13.7. The minimum atomic E-state index is -0.521. The molecule has 31 heteroatoms. The van der Waals surface area contributed by atoms with E-state index in [1.165, 1.54) is 0 Å². The molecule has 0 unspecified atom stereocenters. The van der Waals surface area contributed by atoms with Crippen molar-refractivity contribution in [2.75, 3.05) is 14.1 Å². The van der Waals surface area contributed by atoms with Crippen LogP contribution in [0.3, 0.4) is 0 Å². The lowest BCUT2D eigenvalue weighted by atomic mass is 10.1. The van der Waals surface area contributed by atoms with Gasteiger partial charge in [-0.05, 0) is 134 Å². The molecule has 0 saturated heterocycles. The summed E-state index contributed by atoms with van der Waals surface area (Å²) in [5, 5.41) is 29.7. The Balaban J connectivity index is 0.000000121. The Kier molecular flexibility index (Phi) is 24.2. The summed E-state index contributed by atoms with van der Waals surface area (Å²) < 4.78 is 10.3. The Bertz CT molecular complexity index is 7460. The van der Waals surface area contributed by atoms with E-state index in [-0.39, 0.29) is 23.0 Å². The second kappa shape index (κ2) is 36.4. The van der Waals surface area contributed by atoms with Gasteiger partial charge in [0.25, 0.3) is 11.8 Å². The normalized spacial score (nSPS) is 10.8. The number of H-pyrrole nitrogens is 2. The van der Waals surface area contributed by atoms with Crippen molar-refractivity contribution in [2.45, 2.75) is 48.5 Å². The smallest absolute Gasteiger partial charge is 0.286 e. The summed E-state index contributed by atoms with van der Waals surface area (Å²) >= 11 is 11.0. The first kappa shape index (κ1) is 82.6. The number of aromatic amines is 2. The number of nitriles is 3. The van der Waals surface area contributed by atoms with Crippen LogP contribution in [-0.4, -0.2) is 129 Å². The van der Waals surface area contributed by atoms with E-state index in [2.05, 4.69) is 93.9 Å². The lowest BCUT2D eigenvalue weighted by Gasteiger charge is -2.13. The SMILES string of the molecule is Cc1ccc(-c2nc(C#N)c3nc(C)n(-c4ccccc4)c3n2)cc1.Cc1ccc(-c2nc(C(=O)NN(C)C)c3[nH]c(=S)n(-c4ccccc4)c3n2)cc1.Cc1ccc(-c2nc(C(=O)NN)c3[nH]c(=S)n(-c4ccccc4)c3n2)cc1.Cc1nc(C#N)c2nc(C)n(-c3ccccc3)c2n1.Cc1nc2c(C#N)nc(-c3ccccc3)nc2n1-c1ccccc1. The number of aryl methyl sites for hydroxylation is 7. The molecule has 2 amide bonds. The Hall–Kier alpha value is -16.5. The number of benzene rings is 9. The topological polar surface area (TPSA) is 383 Å². The summed E-state index contributed by atoms with van der Waals surface area (Å²) in [7, 11) is 3.49. The van der Waals surface area contributed by atoms with E-state index in [4.69, 9.17) is 45.5 Å². The molecule has 10 aromatic heterocycles. The van der Waals surface area contributed by atoms with E-state index in [0.717, 1.165) is 84.9 Å². The van der Waals surface area contributed by atoms with Crippen LogP contribution in [0, 0.1) is 92.0 Å². The van der Waals surface area contributed by atoms with Gasteiger partial charge in [-0.1, -0.05) is 211 Å². The zero-order valence-corrected chi connectivity index (χ0v) is 69.9. The Morgan fingerprint density at radius 2 is 0.613 bits per heavy atom. The average Bonchev–Trinajstić information content (AvgIpc) is 1.63. The van der Waals surface area contributed by atoms with Gasteiger partial charge in [-0.2, -0.15) is 15.8 Å². The van der Waals surface area contributed by atoms with Crippen molar-refractivity contribution < 1.29 is 9.59 Å². The number of carbonyl (C=O) groups excluding carboxylic acids is 2. The van der Waals surface area contributed by atoms with E-state index in [9.17, 15) is 20.1 Å². The van der Waals surface area contributed by atoms with Crippen LogP contribution in [0.2, 0.25) is 0 Å². The van der Waals surface area contributed by atoms with Gasteiger partial charge in [-0.3, -0.25) is 43.3 Å². The summed E-state index contributed by atoms with van der Waals surface area (Å²) in [4.78, 5) is 90.0. The van der Waals surface area contributed by atoms with Gasteiger partial charge < -0.3 is 9.97 Å². The second-order valence-corrected chi connectivity index (χ2v) is 29.2. The molecular formula is C93H75N27O2S2. The van der Waals surface area contributed by atoms with E-state index in [1.807, 2.05) is 315 Å². The number of rotatable bonds is 12. The zero-order valence-electron chi connectivity index (χ0n) is 68.3. The van der Waals surface area contributed by atoms with Crippen LogP contribution in [-0.2, 0) is 0 Å². The Labute approximate surface area is 719 Å². The van der Waals surface area contributed by atoms with Crippen LogP contribution < -0.4 is 16.7 Å². The molecule has 0 aliphatic rings. The molecule has 124 heavy (non-hydrogen) atoms. The molecule has 19 aromatic rings. The maximum atomic E-state index is 12.9. The summed E-state index contributed by atoms with van der Waals surface area (Å²) in [5.41, 5.74) is 23.1. The van der Waals surface area contributed by atoms with Gasteiger partial charge in [0.15, 0.2) is 89.5 Å². The number of carbonyl (C=O) groups is 2. The number of fused-ring (bicyclic) bond motifs is 5. The third-order valence-electron chi connectivity index (χ3n) is 19.4. The molecule has 9 aromatic carbocycles. The molecule has 0 saturated carbocycles. The quantitative estimate of drug-likeness (QED) is 0.0328. The minimum Gasteiger partial charge on any atom is -0.327 e. The van der Waals surface area contributed by atoms with Gasteiger partial charge in [0.1, 0.15) is 69.1 Å². The van der Waals surface area contributed by atoms with E-state index < -0.39 is 5.91 Å². The number of aromatic nitrogens is 20. The van der Waals surface area contributed by atoms with Crippen LogP contribution in [0.15, 0.2) is 255 Å². The zero-order chi connectivity index (χ0) is 86.8. The lowest BCUT2D eigenvalue weighted by molar-refractivity contribution is 0.0852. The number of hydrogen-bond acceptors (Lipinski definition) is 22. The first-order valence-corrected chi connectivity index (χ1v) is 39.6. The van der Waals surface area contributed by atoms with E-state index in [1.54, 1.807) is 30.6 Å². The van der Waals surface area contributed by atoms with Crippen molar-refractivity contribution in [3.8, 4) is 92.2 Å². The maximum Gasteiger partial charge on any atom is 0.286 e. The highest BCUT2D eigenvalue weighted by molar-refractivity contribution is 7.71. The van der Waals surface area contributed by atoms with Gasteiger partial charge in [0, 0.05) is 64.8 Å². The molecule has 0 atom stereocenters. The molecule has 0 radical (unpaired) electrons. The van der Waals surface area contributed by atoms with Gasteiger partial charge in [0.05, 0.1) is 0 Å². The monoisotopic (exact) mass is 1670 g/mol. The standard InChI is InChI=1S/C21H20N6OS.C20H15N5.C19H16N6OS.C19H13N5.C14H11N5/c1-13-9-11-14(12-10-13)18-22-17(20(28)25-26(2)3)16-19(24-18)27(21(29)23-16)15-7-5-4-6-8-15;1-13-8-10-15(11-9-13)19-23-17(12-21)18-20(24-19)25(14(2)22-18)16-6-4-3-5-7-16;1-11-7-9-12(10-8-11)16-21-15(18(26)24-20)14-17(23-16)25(19(27)22-14)13-5-3-2-4-6-13;1-13-21-17-16(12-20)22-18(14-8-4-2-5-9-14)23-19(17)24(13)15-10-6-3-7-11-15;1-9-16-12(8-15)13-14(17-9)19(10(2)18-13)11-6-4-3-5-7-11/h4-12H,1-3H3,(H,23,29)(H,25,28);3-11H,1-2H3;2-10H,20H2,1H3,(H,22,27)(H,24,26);2-11H,1H3;3-7H,1-2H3. The van der Waals surface area contributed by atoms with Gasteiger partial charge in [0.2, 0.25) is 0 Å². The largest absolute Gasteiger partial charge is 0.327 e. The molecule has 10 heterocycles. The number of imidazole rings is 5. The second-order valence-electron chi connectivity index (χ2n) is 28.4.